The third-order valence-corrected chi connectivity index (χ3v) is 3.90. The Balaban J connectivity index is 2.54. The molecule has 1 aromatic carbocycles. The van der Waals surface area contributed by atoms with Crippen molar-refractivity contribution in [3.05, 3.63) is 35.0 Å². The van der Waals surface area contributed by atoms with Gasteiger partial charge >= 0.3 is 5.97 Å². The van der Waals surface area contributed by atoms with Crippen LogP contribution in [0.1, 0.15) is 47.7 Å². The molecule has 2 aromatic rings. The Hall–Kier alpha value is -1.81. The van der Waals surface area contributed by atoms with Crippen molar-refractivity contribution >= 4 is 16.9 Å². The summed E-state index contributed by atoms with van der Waals surface area (Å²) in [4.78, 5) is 11.3. The molecule has 4 nitrogen and oxygen atoms in total. The van der Waals surface area contributed by atoms with Gasteiger partial charge in [0, 0.05) is 30.3 Å². The van der Waals surface area contributed by atoms with Crippen molar-refractivity contribution in [1.29, 1.82) is 0 Å². The summed E-state index contributed by atoms with van der Waals surface area (Å²) in [6.45, 7) is 5.05. The van der Waals surface area contributed by atoms with E-state index in [0.717, 1.165) is 48.7 Å². The van der Waals surface area contributed by atoms with E-state index >= 15 is 0 Å². The Bertz CT molecular complexity index is 643. The van der Waals surface area contributed by atoms with E-state index < -0.39 is 5.97 Å². The average molecular weight is 289 g/mol. The second-order valence-corrected chi connectivity index (χ2v) is 5.52. The fourth-order valence-corrected chi connectivity index (χ4v) is 2.73. The van der Waals surface area contributed by atoms with Gasteiger partial charge in [-0.05, 0) is 49.4 Å². The van der Waals surface area contributed by atoms with Crippen LogP contribution in [0.3, 0.4) is 0 Å². The summed E-state index contributed by atoms with van der Waals surface area (Å²) in [5.41, 5.74) is 3.33. The van der Waals surface area contributed by atoms with Gasteiger partial charge in [-0.15, -0.1) is 0 Å². The molecule has 1 aromatic heterocycles. The molecule has 0 bridgehead atoms. The molecule has 1 heterocycles. The van der Waals surface area contributed by atoms with Crippen molar-refractivity contribution in [2.75, 3.05) is 6.61 Å². The van der Waals surface area contributed by atoms with Crippen molar-refractivity contribution < 1.29 is 15.0 Å². The predicted octanol–water partition coefficient (Wildman–Crippen LogP) is 3.37. The fraction of sp³-hybridized carbons (Fsp3) is 0.471. The lowest BCUT2D eigenvalue weighted by Gasteiger charge is -2.06. The number of fused-ring (bicyclic) bond motifs is 1. The van der Waals surface area contributed by atoms with Gasteiger partial charge < -0.3 is 14.8 Å². The lowest BCUT2D eigenvalue weighted by atomic mass is 10.0. The maximum Gasteiger partial charge on any atom is 0.336 e. The average Bonchev–Trinajstić information content (AvgIpc) is 2.78. The van der Waals surface area contributed by atoms with Gasteiger partial charge in [-0.25, -0.2) is 4.79 Å². The van der Waals surface area contributed by atoms with Crippen LogP contribution in [-0.2, 0) is 13.0 Å². The molecule has 4 heteroatoms. The zero-order valence-corrected chi connectivity index (χ0v) is 12.7. The number of unbranched alkanes of at least 4 members (excludes halogenated alkanes) is 1. The molecule has 0 aliphatic rings. The Kier molecular flexibility index (Phi) is 5.02. The molecular weight excluding hydrogens is 266 g/mol. The maximum atomic E-state index is 11.3. The first-order valence-corrected chi connectivity index (χ1v) is 7.55. The lowest BCUT2D eigenvalue weighted by molar-refractivity contribution is 0.0696. The summed E-state index contributed by atoms with van der Waals surface area (Å²) in [7, 11) is 0. The molecule has 2 N–H and O–H groups in total. The minimum Gasteiger partial charge on any atom is -0.478 e. The molecule has 0 atom stereocenters. The van der Waals surface area contributed by atoms with E-state index in [4.69, 9.17) is 5.11 Å². The molecule has 2 rings (SSSR count). The topological polar surface area (TPSA) is 62.5 Å². The Morgan fingerprint density at radius 1 is 1.29 bits per heavy atom. The van der Waals surface area contributed by atoms with Gasteiger partial charge in [0.05, 0.1) is 5.56 Å². The minimum atomic E-state index is -0.880. The highest BCUT2D eigenvalue weighted by atomic mass is 16.4. The number of carbonyl (C=O) groups is 1. The smallest absolute Gasteiger partial charge is 0.336 e. The number of nitrogens with zero attached hydrogens (tertiary/aromatic N) is 1. The van der Waals surface area contributed by atoms with Gasteiger partial charge in [0.2, 0.25) is 0 Å². The highest BCUT2D eigenvalue weighted by Gasteiger charge is 2.14. The summed E-state index contributed by atoms with van der Waals surface area (Å²) in [5, 5.41) is 19.4. The summed E-state index contributed by atoms with van der Waals surface area (Å²) < 4.78 is 2.15. The van der Waals surface area contributed by atoms with Crippen molar-refractivity contribution in [1.82, 2.24) is 4.57 Å². The highest BCUT2D eigenvalue weighted by Crippen LogP contribution is 2.27. The van der Waals surface area contributed by atoms with Crippen LogP contribution in [0.4, 0.5) is 0 Å². The molecule has 0 unspecified atom stereocenters. The van der Waals surface area contributed by atoms with E-state index in [-0.39, 0.29) is 6.61 Å². The maximum absolute atomic E-state index is 11.3. The quantitative estimate of drug-likeness (QED) is 0.821. The van der Waals surface area contributed by atoms with E-state index in [2.05, 4.69) is 17.7 Å². The fourth-order valence-electron chi connectivity index (χ4n) is 2.73. The molecule has 114 valence electrons. The number of aliphatic hydroxyl groups excluding tert-OH is 1. The minimum absolute atomic E-state index is 0.174. The molecular formula is C17H23NO3. The van der Waals surface area contributed by atoms with Crippen molar-refractivity contribution in [2.45, 2.75) is 46.1 Å². The van der Waals surface area contributed by atoms with Crippen molar-refractivity contribution in [3.8, 4) is 0 Å². The largest absolute Gasteiger partial charge is 0.478 e. The highest BCUT2D eigenvalue weighted by molar-refractivity contribution is 5.96. The van der Waals surface area contributed by atoms with E-state index in [0.29, 0.717) is 5.56 Å². The molecule has 0 amide bonds. The monoisotopic (exact) mass is 289 g/mol. The number of hydrogen-bond acceptors (Lipinski definition) is 2. The number of aryl methyl sites for hydroxylation is 3. The van der Waals surface area contributed by atoms with E-state index in [1.165, 1.54) is 5.56 Å². The number of carboxylic acids is 1. The van der Waals surface area contributed by atoms with Crippen LogP contribution in [0.15, 0.2) is 18.3 Å². The van der Waals surface area contributed by atoms with Crippen molar-refractivity contribution in [2.24, 2.45) is 0 Å². The molecule has 0 saturated carbocycles. The van der Waals surface area contributed by atoms with E-state index in [1.54, 1.807) is 6.07 Å². The van der Waals surface area contributed by atoms with Crippen LogP contribution < -0.4 is 0 Å². The number of aliphatic hydroxyl groups is 1. The van der Waals surface area contributed by atoms with Crippen LogP contribution in [0, 0.1) is 6.92 Å². The second kappa shape index (κ2) is 6.76. The van der Waals surface area contributed by atoms with Crippen LogP contribution in [0.2, 0.25) is 0 Å². The molecule has 21 heavy (non-hydrogen) atoms. The van der Waals surface area contributed by atoms with Gasteiger partial charge in [-0.3, -0.25) is 0 Å². The van der Waals surface area contributed by atoms with E-state index in [9.17, 15) is 9.90 Å². The standard InChI is InChI=1S/C17H23NO3/c1-3-4-7-18-11-13(6-5-8-19)15-9-12(2)14(17(20)21)10-16(15)18/h9-11,19H,3-8H2,1-2H3,(H,20,21). The summed E-state index contributed by atoms with van der Waals surface area (Å²) in [6.07, 6.45) is 5.83. The number of benzene rings is 1. The van der Waals surface area contributed by atoms with Gasteiger partial charge in [-0.2, -0.15) is 0 Å². The Labute approximate surface area is 125 Å². The molecule has 0 saturated heterocycles. The zero-order valence-electron chi connectivity index (χ0n) is 12.7. The van der Waals surface area contributed by atoms with Crippen LogP contribution in [0.5, 0.6) is 0 Å². The first-order valence-electron chi connectivity index (χ1n) is 7.55. The Morgan fingerprint density at radius 3 is 2.67 bits per heavy atom. The van der Waals surface area contributed by atoms with Gasteiger partial charge in [0.15, 0.2) is 0 Å². The molecule has 0 aliphatic carbocycles. The third kappa shape index (κ3) is 3.27. The number of aromatic carboxylic acids is 1. The SMILES string of the molecule is CCCCn1cc(CCCO)c2cc(C)c(C(=O)O)cc21. The van der Waals surface area contributed by atoms with Gasteiger partial charge in [0.25, 0.3) is 0 Å². The van der Waals surface area contributed by atoms with Crippen LogP contribution in [-0.4, -0.2) is 27.4 Å². The first kappa shape index (κ1) is 15.6. The number of hydrogen-bond donors (Lipinski definition) is 2. The van der Waals surface area contributed by atoms with E-state index in [1.807, 2.05) is 13.0 Å². The molecule has 0 spiro atoms. The summed E-state index contributed by atoms with van der Waals surface area (Å²) >= 11 is 0. The normalized spacial score (nSPS) is 11.2. The van der Waals surface area contributed by atoms with Crippen molar-refractivity contribution in [3.63, 3.8) is 0 Å². The first-order chi connectivity index (χ1) is 10.1. The molecule has 0 fully saturated rings. The Morgan fingerprint density at radius 2 is 2.05 bits per heavy atom. The third-order valence-electron chi connectivity index (χ3n) is 3.90. The van der Waals surface area contributed by atoms with Gasteiger partial charge in [-0.1, -0.05) is 13.3 Å². The van der Waals surface area contributed by atoms with Crippen LogP contribution >= 0.6 is 0 Å². The second-order valence-electron chi connectivity index (χ2n) is 5.52. The molecule has 0 aliphatic heterocycles. The summed E-state index contributed by atoms with van der Waals surface area (Å²) in [6, 6.07) is 3.75. The zero-order chi connectivity index (χ0) is 15.4. The number of rotatable bonds is 7. The number of aromatic nitrogens is 1. The lowest BCUT2D eigenvalue weighted by Crippen LogP contribution is -2.01. The van der Waals surface area contributed by atoms with Gasteiger partial charge in [0.1, 0.15) is 0 Å². The predicted molar refractivity (Wildman–Crippen MR) is 83.9 cm³/mol. The molecule has 0 radical (unpaired) electrons. The number of carboxylic acid groups (broad SMARTS) is 1. The van der Waals surface area contributed by atoms with Crippen LogP contribution in [0.25, 0.3) is 10.9 Å². The summed E-state index contributed by atoms with van der Waals surface area (Å²) in [5.74, 6) is -0.880.